The van der Waals surface area contributed by atoms with Crippen LogP contribution in [0, 0.1) is 0 Å². The Morgan fingerprint density at radius 2 is 1.67 bits per heavy atom. The summed E-state index contributed by atoms with van der Waals surface area (Å²) in [6, 6.07) is 0. The van der Waals surface area contributed by atoms with Crippen molar-refractivity contribution in [3.63, 3.8) is 0 Å². The lowest BCUT2D eigenvalue weighted by atomic mass is 10.8. The van der Waals surface area contributed by atoms with E-state index < -0.39 is 12.2 Å². The molecule has 0 atom stereocenters. The Balaban J connectivity index is 3.17. The van der Waals surface area contributed by atoms with Crippen molar-refractivity contribution in [2.24, 2.45) is 0 Å². The molecule has 0 unspecified atom stereocenters. The van der Waals surface area contributed by atoms with Gasteiger partial charge >= 0.3 is 0 Å². The molecule has 0 spiro atoms. The van der Waals surface area contributed by atoms with Gasteiger partial charge in [0.15, 0.2) is 0 Å². The number of halogens is 3. The van der Waals surface area contributed by atoms with Gasteiger partial charge in [-0.3, -0.25) is 0 Å². The van der Waals surface area contributed by atoms with E-state index in [1.807, 2.05) is 0 Å². The van der Waals surface area contributed by atoms with Gasteiger partial charge in [-0.15, -0.1) is 0 Å². The largest absolute Gasteiger partial charge is 0.247 e. The van der Waals surface area contributed by atoms with Gasteiger partial charge in [0.2, 0.25) is 5.55 Å². The second kappa shape index (κ2) is 1.64. The van der Waals surface area contributed by atoms with Crippen LogP contribution in [0.2, 0.25) is 0 Å². The minimum absolute atomic E-state index is 0.352. The molecular formula is C2H4F3Si. The fourth-order valence-electron chi connectivity index (χ4n) is 0. The topological polar surface area (TPSA) is 0 Å². The second-order valence-corrected chi connectivity index (χ2v) is 2.02. The van der Waals surface area contributed by atoms with Crippen LogP contribution < -0.4 is 0 Å². The first kappa shape index (κ1) is 6.01. The summed E-state index contributed by atoms with van der Waals surface area (Å²) in [6.07, 6.45) is 0. The third-order valence-electron chi connectivity index (χ3n) is 0.196. The molecule has 0 rings (SSSR count). The van der Waals surface area contributed by atoms with E-state index in [1.54, 1.807) is 0 Å². The van der Waals surface area contributed by atoms with Gasteiger partial charge in [0.25, 0.3) is 0 Å². The predicted octanol–water partition coefficient (Wildman–Crippen LogP) is 0.182. The van der Waals surface area contributed by atoms with Crippen LogP contribution in [0.5, 0.6) is 0 Å². The molecule has 0 N–H and O–H groups in total. The Morgan fingerprint density at radius 3 is 1.67 bits per heavy atom. The molecule has 0 aromatic heterocycles. The zero-order chi connectivity index (χ0) is 5.21. The van der Waals surface area contributed by atoms with Gasteiger partial charge in [0.1, 0.15) is 16.9 Å². The predicted molar refractivity (Wildman–Crippen MR) is 19.5 cm³/mol. The van der Waals surface area contributed by atoms with Crippen molar-refractivity contribution in [1.82, 2.24) is 0 Å². The van der Waals surface area contributed by atoms with Crippen molar-refractivity contribution in [3.8, 4) is 0 Å². The van der Waals surface area contributed by atoms with Crippen molar-refractivity contribution < 1.29 is 13.2 Å². The highest BCUT2D eigenvalue weighted by molar-refractivity contribution is 6.13. The molecule has 4 heteroatoms. The molecule has 0 amide bonds. The maximum Gasteiger partial charge on any atom is 0.247 e. The SMILES string of the molecule is FCC(F)(F)[SiH2]. The lowest BCUT2D eigenvalue weighted by Crippen LogP contribution is -2.17. The normalized spacial score (nSPS) is 12.0. The summed E-state index contributed by atoms with van der Waals surface area (Å²) in [5.74, 6) is 0. The summed E-state index contributed by atoms with van der Waals surface area (Å²) in [7, 11) is 0.352. The van der Waals surface area contributed by atoms with E-state index in [4.69, 9.17) is 0 Å². The fraction of sp³-hybridized carbons (Fsp3) is 1.00. The number of rotatable bonds is 1. The van der Waals surface area contributed by atoms with Crippen LogP contribution in [0.25, 0.3) is 0 Å². The zero-order valence-electron chi connectivity index (χ0n) is 3.05. The molecule has 0 saturated carbocycles. The van der Waals surface area contributed by atoms with Crippen LogP contribution in [0.1, 0.15) is 0 Å². The highest BCUT2D eigenvalue weighted by Crippen LogP contribution is 2.05. The van der Waals surface area contributed by atoms with Crippen LogP contribution in [-0.2, 0) is 0 Å². The molecule has 0 saturated heterocycles. The zero-order valence-corrected chi connectivity index (χ0v) is 4.46. The molecule has 0 fully saturated rings. The Bertz CT molecular complexity index is 38.5. The molecule has 0 bridgehead atoms. The molecule has 0 aromatic rings. The van der Waals surface area contributed by atoms with Crippen molar-refractivity contribution in [3.05, 3.63) is 0 Å². The van der Waals surface area contributed by atoms with Gasteiger partial charge in [-0.2, -0.15) is 0 Å². The van der Waals surface area contributed by atoms with Crippen molar-refractivity contribution in [2.45, 2.75) is 5.55 Å². The molecule has 0 aromatic carbocycles. The van der Waals surface area contributed by atoms with Crippen LogP contribution in [0.4, 0.5) is 13.2 Å². The summed E-state index contributed by atoms with van der Waals surface area (Å²) in [6.45, 7) is -1.55. The Labute approximate surface area is 36.8 Å². The average Bonchev–Trinajstić information content (AvgIpc) is 1.35. The van der Waals surface area contributed by atoms with E-state index in [0.29, 0.717) is 10.2 Å². The monoisotopic (exact) mass is 113 g/mol. The molecule has 0 aliphatic heterocycles. The molecular weight excluding hydrogens is 109 g/mol. The van der Waals surface area contributed by atoms with Gasteiger partial charge in [0.05, 0.1) is 0 Å². The summed E-state index contributed by atoms with van der Waals surface area (Å²) in [5, 5.41) is 0. The number of alkyl halides is 3. The first-order valence-electron chi connectivity index (χ1n) is 1.35. The summed E-state index contributed by atoms with van der Waals surface area (Å²) in [4.78, 5) is 0. The summed E-state index contributed by atoms with van der Waals surface area (Å²) >= 11 is 0. The molecule has 0 aliphatic rings. The second-order valence-electron chi connectivity index (χ2n) is 0.990. The van der Waals surface area contributed by atoms with E-state index in [-0.39, 0.29) is 0 Å². The minimum Gasteiger partial charge on any atom is -0.245 e. The third kappa shape index (κ3) is 4.01. The molecule has 6 heavy (non-hydrogen) atoms. The maximum absolute atomic E-state index is 11.1. The lowest BCUT2D eigenvalue weighted by molar-refractivity contribution is 0.0645. The lowest BCUT2D eigenvalue weighted by Gasteiger charge is -1.99. The number of hydrogen-bond acceptors (Lipinski definition) is 0. The fourth-order valence-corrected chi connectivity index (χ4v) is 0. The highest BCUT2D eigenvalue weighted by atomic mass is 28.1. The van der Waals surface area contributed by atoms with E-state index >= 15 is 0 Å². The third-order valence-corrected chi connectivity index (χ3v) is 0.384. The molecule has 1 radical (unpaired) electrons. The smallest absolute Gasteiger partial charge is 0.245 e. The maximum atomic E-state index is 11.1. The quantitative estimate of drug-likeness (QED) is 0.425. The Kier molecular flexibility index (Phi) is 1.64. The highest BCUT2D eigenvalue weighted by Gasteiger charge is 2.18. The van der Waals surface area contributed by atoms with Crippen molar-refractivity contribution >= 4 is 10.2 Å². The first-order chi connectivity index (χ1) is 2.56. The molecule has 37 valence electrons. The van der Waals surface area contributed by atoms with Crippen molar-refractivity contribution in [2.75, 3.05) is 6.67 Å². The van der Waals surface area contributed by atoms with Crippen LogP contribution in [-0.4, -0.2) is 22.5 Å². The summed E-state index contributed by atoms with van der Waals surface area (Å²) < 4.78 is 32.9. The van der Waals surface area contributed by atoms with E-state index in [2.05, 4.69) is 0 Å². The Hall–Kier alpha value is 0.00688. The van der Waals surface area contributed by atoms with Crippen molar-refractivity contribution in [1.29, 1.82) is 0 Å². The molecule has 0 nitrogen and oxygen atoms in total. The Morgan fingerprint density at radius 1 is 1.50 bits per heavy atom. The van der Waals surface area contributed by atoms with E-state index in [9.17, 15) is 13.2 Å². The van der Waals surface area contributed by atoms with Crippen LogP contribution in [0.3, 0.4) is 0 Å². The average molecular weight is 113 g/mol. The molecule has 0 heterocycles. The summed E-state index contributed by atoms with van der Waals surface area (Å²) in [5.41, 5.74) is -3.10. The standard InChI is InChI=1S/C2H4F3Si/c3-1-2(4,5)6/h1,6H2. The van der Waals surface area contributed by atoms with Gasteiger partial charge in [0, 0.05) is 0 Å². The van der Waals surface area contributed by atoms with Gasteiger partial charge < -0.3 is 0 Å². The van der Waals surface area contributed by atoms with Crippen LogP contribution in [0.15, 0.2) is 0 Å². The van der Waals surface area contributed by atoms with Gasteiger partial charge in [-0.1, -0.05) is 0 Å². The van der Waals surface area contributed by atoms with E-state index in [0.717, 1.165) is 0 Å². The molecule has 0 aliphatic carbocycles. The van der Waals surface area contributed by atoms with E-state index in [1.165, 1.54) is 0 Å². The minimum atomic E-state index is -3.10. The first-order valence-corrected chi connectivity index (χ1v) is 2.06. The van der Waals surface area contributed by atoms with Gasteiger partial charge in [-0.25, -0.2) is 13.2 Å². The van der Waals surface area contributed by atoms with Gasteiger partial charge in [-0.05, 0) is 0 Å². The number of hydrogen-bond donors (Lipinski definition) is 0. The van der Waals surface area contributed by atoms with Crippen LogP contribution >= 0.6 is 0 Å².